The third-order valence-electron chi connectivity index (χ3n) is 4.59. The van der Waals surface area contributed by atoms with E-state index in [1.165, 1.54) is 11.4 Å². The van der Waals surface area contributed by atoms with Crippen LogP contribution in [-0.2, 0) is 0 Å². The SMILES string of the molecule is CN(C)c1ccc(N2CCN(C(=O)Nc3ccccc3C#N)CC2)cc1. The normalized spacial score (nSPS) is 13.9. The van der Waals surface area contributed by atoms with Gasteiger partial charge in [0.25, 0.3) is 0 Å². The molecule has 0 radical (unpaired) electrons. The zero-order valence-corrected chi connectivity index (χ0v) is 15.1. The van der Waals surface area contributed by atoms with Crippen LogP contribution in [0.5, 0.6) is 0 Å². The van der Waals surface area contributed by atoms with E-state index >= 15 is 0 Å². The Bertz CT molecular complexity index is 802. The van der Waals surface area contributed by atoms with Gasteiger partial charge in [0.2, 0.25) is 0 Å². The van der Waals surface area contributed by atoms with Gasteiger partial charge in [-0.2, -0.15) is 5.26 Å². The second kappa shape index (κ2) is 7.79. The van der Waals surface area contributed by atoms with E-state index in [1.807, 2.05) is 20.2 Å². The predicted octanol–water partition coefficient (Wildman–Crippen LogP) is 2.98. The van der Waals surface area contributed by atoms with Gasteiger partial charge in [-0.05, 0) is 36.4 Å². The maximum absolute atomic E-state index is 12.5. The van der Waals surface area contributed by atoms with Crippen molar-refractivity contribution >= 4 is 23.1 Å². The minimum absolute atomic E-state index is 0.157. The molecule has 1 aliphatic rings. The number of carbonyl (C=O) groups excluding carboxylic acids is 1. The molecule has 0 atom stereocenters. The number of benzene rings is 2. The average molecular weight is 349 g/mol. The third-order valence-corrected chi connectivity index (χ3v) is 4.59. The van der Waals surface area contributed by atoms with Crippen molar-refractivity contribution in [3.8, 4) is 6.07 Å². The van der Waals surface area contributed by atoms with Gasteiger partial charge in [-0.3, -0.25) is 0 Å². The molecule has 1 aliphatic heterocycles. The topological polar surface area (TPSA) is 62.6 Å². The number of hydrogen-bond donors (Lipinski definition) is 1. The van der Waals surface area contributed by atoms with Crippen LogP contribution >= 0.6 is 0 Å². The van der Waals surface area contributed by atoms with Crippen molar-refractivity contribution in [1.82, 2.24) is 4.90 Å². The summed E-state index contributed by atoms with van der Waals surface area (Å²) in [6.07, 6.45) is 0. The number of nitriles is 1. The monoisotopic (exact) mass is 349 g/mol. The van der Waals surface area contributed by atoms with E-state index < -0.39 is 0 Å². The number of urea groups is 1. The molecule has 134 valence electrons. The Balaban J connectivity index is 1.58. The summed E-state index contributed by atoms with van der Waals surface area (Å²) in [5.74, 6) is 0. The number of para-hydroxylation sites is 1. The second-order valence-electron chi connectivity index (χ2n) is 6.47. The summed E-state index contributed by atoms with van der Waals surface area (Å²) in [6.45, 7) is 2.87. The lowest BCUT2D eigenvalue weighted by molar-refractivity contribution is 0.208. The molecule has 0 aromatic heterocycles. The van der Waals surface area contributed by atoms with Crippen molar-refractivity contribution in [3.05, 3.63) is 54.1 Å². The highest BCUT2D eigenvalue weighted by molar-refractivity contribution is 5.91. The van der Waals surface area contributed by atoms with E-state index in [0.717, 1.165) is 13.1 Å². The molecule has 1 fully saturated rings. The fraction of sp³-hybridized carbons (Fsp3) is 0.300. The molecule has 6 heteroatoms. The number of piperazine rings is 1. The number of anilines is 3. The van der Waals surface area contributed by atoms with E-state index in [4.69, 9.17) is 5.26 Å². The highest BCUT2D eigenvalue weighted by atomic mass is 16.2. The average Bonchev–Trinajstić information content (AvgIpc) is 2.68. The van der Waals surface area contributed by atoms with Crippen LogP contribution in [0.3, 0.4) is 0 Å². The molecule has 6 nitrogen and oxygen atoms in total. The molecule has 26 heavy (non-hydrogen) atoms. The number of nitrogens with zero attached hydrogens (tertiary/aromatic N) is 4. The molecule has 2 amide bonds. The first-order valence-corrected chi connectivity index (χ1v) is 8.66. The lowest BCUT2D eigenvalue weighted by atomic mass is 10.2. The van der Waals surface area contributed by atoms with Crippen molar-refractivity contribution in [2.75, 3.05) is 55.4 Å². The number of amides is 2. The van der Waals surface area contributed by atoms with Crippen LogP contribution < -0.4 is 15.1 Å². The van der Waals surface area contributed by atoms with Crippen LogP contribution in [0.25, 0.3) is 0 Å². The number of rotatable bonds is 3. The molecule has 3 rings (SSSR count). The van der Waals surface area contributed by atoms with E-state index in [0.29, 0.717) is 24.3 Å². The van der Waals surface area contributed by atoms with Crippen molar-refractivity contribution in [3.63, 3.8) is 0 Å². The minimum atomic E-state index is -0.157. The molecule has 1 heterocycles. The van der Waals surface area contributed by atoms with Crippen molar-refractivity contribution in [2.24, 2.45) is 0 Å². The molecule has 2 aromatic carbocycles. The summed E-state index contributed by atoms with van der Waals surface area (Å²) in [5.41, 5.74) is 3.37. The first-order chi connectivity index (χ1) is 12.6. The Kier molecular flexibility index (Phi) is 5.28. The van der Waals surface area contributed by atoms with Crippen LogP contribution in [0, 0.1) is 11.3 Å². The Morgan fingerprint density at radius 2 is 1.69 bits per heavy atom. The fourth-order valence-corrected chi connectivity index (χ4v) is 3.01. The zero-order chi connectivity index (χ0) is 18.5. The van der Waals surface area contributed by atoms with Crippen molar-refractivity contribution in [1.29, 1.82) is 5.26 Å². The van der Waals surface area contributed by atoms with Gasteiger partial charge in [0, 0.05) is 51.6 Å². The van der Waals surface area contributed by atoms with Gasteiger partial charge < -0.3 is 20.0 Å². The van der Waals surface area contributed by atoms with Crippen LogP contribution in [0.2, 0.25) is 0 Å². The van der Waals surface area contributed by atoms with Gasteiger partial charge in [0.05, 0.1) is 11.3 Å². The van der Waals surface area contributed by atoms with Crippen LogP contribution in [-0.4, -0.2) is 51.2 Å². The summed E-state index contributed by atoms with van der Waals surface area (Å²) in [5, 5.41) is 12.0. The molecule has 1 saturated heterocycles. The van der Waals surface area contributed by atoms with Gasteiger partial charge in [-0.15, -0.1) is 0 Å². The number of hydrogen-bond acceptors (Lipinski definition) is 4. The molecular weight excluding hydrogens is 326 g/mol. The first kappa shape index (κ1) is 17.6. The van der Waals surface area contributed by atoms with E-state index in [2.05, 4.69) is 45.5 Å². The van der Waals surface area contributed by atoms with E-state index in [1.54, 1.807) is 23.1 Å². The largest absolute Gasteiger partial charge is 0.378 e. The highest BCUT2D eigenvalue weighted by Crippen LogP contribution is 2.21. The lowest BCUT2D eigenvalue weighted by Crippen LogP contribution is -2.50. The lowest BCUT2D eigenvalue weighted by Gasteiger charge is -2.36. The summed E-state index contributed by atoms with van der Waals surface area (Å²) in [4.78, 5) is 18.6. The molecular formula is C20H23N5O. The Labute approximate surface area is 154 Å². The molecule has 2 aromatic rings. The van der Waals surface area contributed by atoms with Gasteiger partial charge >= 0.3 is 6.03 Å². The van der Waals surface area contributed by atoms with Gasteiger partial charge in [0.15, 0.2) is 0 Å². The molecule has 0 saturated carbocycles. The highest BCUT2D eigenvalue weighted by Gasteiger charge is 2.22. The van der Waals surface area contributed by atoms with Gasteiger partial charge in [0.1, 0.15) is 6.07 Å². The van der Waals surface area contributed by atoms with Crippen LogP contribution in [0.4, 0.5) is 21.9 Å². The van der Waals surface area contributed by atoms with E-state index in [9.17, 15) is 4.79 Å². The van der Waals surface area contributed by atoms with Gasteiger partial charge in [-0.1, -0.05) is 12.1 Å². The standard InChI is InChI=1S/C20H23N5O/c1-23(2)17-7-9-18(10-8-17)24-11-13-25(14-12-24)20(26)22-19-6-4-3-5-16(19)15-21/h3-10H,11-14H2,1-2H3,(H,22,26). The van der Waals surface area contributed by atoms with Crippen LogP contribution in [0.1, 0.15) is 5.56 Å². The van der Waals surface area contributed by atoms with Crippen molar-refractivity contribution < 1.29 is 4.79 Å². The second-order valence-corrected chi connectivity index (χ2v) is 6.47. The molecule has 0 aliphatic carbocycles. The smallest absolute Gasteiger partial charge is 0.322 e. The maximum Gasteiger partial charge on any atom is 0.322 e. The predicted molar refractivity (Wildman–Crippen MR) is 105 cm³/mol. The molecule has 1 N–H and O–H groups in total. The Hall–Kier alpha value is -3.20. The van der Waals surface area contributed by atoms with Crippen molar-refractivity contribution in [2.45, 2.75) is 0 Å². The third kappa shape index (κ3) is 3.89. The summed E-state index contributed by atoms with van der Waals surface area (Å²) in [6, 6.07) is 17.4. The fourth-order valence-electron chi connectivity index (χ4n) is 3.01. The Morgan fingerprint density at radius 1 is 1.04 bits per heavy atom. The maximum atomic E-state index is 12.5. The van der Waals surface area contributed by atoms with E-state index in [-0.39, 0.29) is 6.03 Å². The number of carbonyl (C=O) groups is 1. The molecule has 0 unspecified atom stereocenters. The summed E-state index contributed by atoms with van der Waals surface area (Å²) in [7, 11) is 4.05. The van der Waals surface area contributed by atoms with Gasteiger partial charge in [-0.25, -0.2) is 4.79 Å². The quantitative estimate of drug-likeness (QED) is 0.925. The minimum Gasteiger partial charge on any atom is -0.378 e. The molecule has 0 spiro atoms. The Morgan fingerprint density at radius 3 is 2.31 bits per heavy atom. The molecule has 0 bridgehead atoms. The van der Waals surface area contributed by atoms with Crippen LogP contribution in [0.15, 0.2) is 48.5 Å². The number of nitrogens with one attached hydrogen (secondary N) is 1. The summed E-state index contributed by atoms with van der Waals surface area (Å²) < 4.78 is 0. The first-order valence-electron chi connectivity index (χ1n) is 8.66. The zero-order valence-electron chi connectivity index (χ0n) is 15.1. The summed E-state index contributed by atoms with van der Waals surface area (Å²) >= 11 is 0.